The van der Waals surface area contributed by atoms with E-state index in [2.05, 4.69) is 42.5 Å². The molecular weight excluding hydrogens is 2040 g/mol. The normalized spacial score (nSPS) is 18.9. The van der Waals surface area contributed by atoms with E-state index < -0.39 is 152 Å². The molecule has 3 aliphatic rings. The molecule has 41 nitrogen and oxygen atoms in total. The fraction of sp³-hybridized carbons (Fsp3) is 0.490. The summed E-state index contributed by atoms with van der Waals surface area (Å²) in [5.74, 6) is -8.37. The first-order valence-corrected chi connectivity index (χ1v) is 53.5. The van der Waals surface area contributed by atoms with Crippen molar-refractivity contribution < 1.29 is 185 Å². The van der Waals surface area contributed by atoms with Crippen molar-refractivity contribution >= 4 is 104 Å². The number of benzene rings is 6. The van der Waals surface area contributed by atoms with Gasteiger partial charge in [0.25, 0.3) is 35.2 Å². The van der Waals surface area contributed by atoms with Gasteiger partial charge in [-0.3, -0.25) is 43.2 Å². The number of nitrogens with one attached hydrogen (secondary N) is 8. The Morgan fingerprint density at radius 2 is 0.873 bits per heavy atom. The minimum Gasteiger partial charge on any atom is -0.493 e. The summed E-state index contributed by atoms with van der Waals surface area (Å²) in [6.45, 7) is 3.60. The predicted molar refractivity (Wildman–Crippen MR) is 557 cm³/mol. The van der Waals surface area contributed by atoms with Gasteiger partial charge < -0.3 is 150 Å². The Balaban J connectivity index is 0.0000250. The average molecular weight is 2180 g/mol. The van der Waals surface area contributed by atoms with Crippen LogP contribution in [0.1, 0.15) is 117 Å². The number of fused-ring (bicyclic) bond motifs is 3. The molecule has 0 bridgehead atoms. The molecule has 3 unspecified atom stereocenters. The van der Waals surface area contributed by atoms with Gasteiger partial charge in [-0.05, 0) is 137 Å². The number of carboxylic acids is 2. The third-order valence-electron chi connectivity index (χ3n) is 24.0. The topological polar surface area (TPSA) is 575 Å². The summed E-state index contributed by atoms with van der Waals surface area (Å²) < 4.78 is 80.5. The summed E-state index contributed by atoms with van der Waals surface area (Å²) in [5.41, 5.74) is 6.86. The minimum absolute atomic E-state index is 0. The number of aliphatic hydroxyl groups is 6. The molecule has 2 fully saturated rings. The minimum atomic E-state index is -2.56. The number of methoxy groups -OCH3 is 4. The van der Waals surface area contributed by atoms with Crippen LogP contribution in [-0.2, 0) is 77.8 Å². The van der Waals surface area contributed by atoms with Gasteiger partial charge in [0, 0.05) is 118 Å². The van der Waals surface area contributed by atoms with Gasteiger partial charge in [0.2, 0.25) is 34.8 Å². The Labute approximate surface area is 907 Å². The van der Waals surface area contributed by atoms with Gasteiger partial charge in [0.15, 0.2) is 17.2 Å². The summed E-state index contributed by atoms with van der Waals surface area (Å²) in [6.07, 6.45) is -13.8. The Morgan fingerprint density at radius 1 is 0.433 bits per heavy atom. The number of aryl methyl sites for hydroxylation is 1. The number of aliphatic hydroxyl groups excluding tert-OH is 6. The van der Waals surface area contributed by atoms with Crippen LogP contribution in [-0.4, -0.2) is 354 Å². The van der Waals surface area contributed by atoms with Crippen LogP contribution in [0.25, 0.3) is 33.4 Å². The summed E-state index contributed by atoms with van der Waals surface area (Å²) in [4.78, 5) is 144. The molecule has 13 atom stereocenters. The van der Waals surface area contributed by atoms with Crippen LogP contribution in [0.5, 0.6) is 28.7 Å². The molecule has 16 N–H and O–H groups in total. The van der Waals surface area contributed by atoms with Crippen molar-refractivity contribution in [1.82, 2.24) is 42.5 Å². The number of amides is 8. The molecule has 2 aliphatic heterocycles. The zero-order chi connectivity index (χ0) is 107. The molecule has 7 aromatic carbocycles. The molecule has 0 saturated carbocycles. The van der Waals surface area contributed by atoms with Gasteiger partial charge >= 0.3 is 41.5 Å². The molecule has 8 amide bonds. The zero-order valence-electron chi connectivity index (χ0n) is 84.8. The molecule has 46 heteroatoms. The summed E-state index contributed by atoms with van der Waals surface area (Å²) in [7, 11) is 9.00. The number of aliphatic carboxylic acids is 2. The maximum atomic E-state index is 13.9. The van der Waals surface area contributed by atoms with E-state index in [1.165, 1.54) is 90.7 Å². The molecule has 150 heavy (non-hydrogen) atoms. The second-order valence-electron chi connectivity index (χ2n) is 34.6. The standard InChI is InChI=1S/C104H134N8O33S4.Na/c1-64(113)110-89-79(116)60-103(101(128)129,144-95(89)91(122)81(118)62-108-97(124)70-23-19-68(20-24-70)66-15-9-7-10-16-66)142-38-13-51-146-55-36-106-99(126)73-27-29-75(100(127)107-37-56-147-52-14-39-143-104(102(130)131)61-80(117)90(111-65(2)114)96(145-104)92(123)82(119)63-109-98(125)71-25-21-69(22-26-71)67-17-11-8-12-18-67)84(58-73)141-50-49-140-48-47-139-46-45-138-44-43-137-42-41-136-40-35-105-86(120)33-53-148-149-54-34-87(121)112-77-31-28-72-57-85(133-4)93(134-5)94(135-6)88(72)74-30-32-83(132-3)78(115)59-76(74)77;/h7-12,15-27,29-30,32,57-59,77,79-82,89-92,95-96,116-119,122-123H,13-14,28,31,33-56,60-63H2,1-6H3,(H,105,120)(H,106,126)(H,107,127)(H,108,124)(H,109,125)(H,110,113)(H,111,114)(H,112,121)(H,128,129)(H,130,131);/q;+1/t77?,79-,80-,81+,82+,89+,90+,91?,92?,95+,96+,103+,104+;/m0./s1. The monoisotopic (exact) mass is 2170 g/mol. The number of ether oxygens (including phenoxy) is 14. The number of carbonyl (C=O) groups is 10. The van der Waals surface area contributed by atoms with E-state index in [0.29, 0.717) is 109 Å². The van der Waals surface area contributed by atoms with Crippen LogP contribution in [0.4, 0.5) is 0 Å². The van der Waals surface area contributed by atoms with Crippen molar-refractivity contribution in [3.05, 3.63) is 195 Å². The molecular formula is C104H134N8NaO33S4+. The molecule has 0 spiro atoms. The van der Waals surface area contributed by atoms with Crippen molar-refractivity contribution in [3.8, 4) is 62.1 Å². The fourth-order valence-corrected chi connectivity index (χ4v) is 20.0. The second-order valence-corrected chi connectivity index (χ2v) is 39.7. The summed E-state index contributed by atoms with van der Waals surface area (Å²) >= 11 is 2.75. The number of hydrogen-bond acceptors (Lipinski definition) is 35. The van der Waals surface area contributed by atoms with Crippen LogP contribution in [0.2, 0.25) is 0 Å². The van der Waals surface area contributed by atoms with Crippen molar-refractivity contribution in [1.29, 1.82) is 0 Å². The third kappa shape index (κ3) is 37.6. The Morgan fingerprint density at radius 3 is 1.33 bits per heavy atom. The molecule has 1 aliphatic carbocycles. The van der Waals surface area contributed by atoms with Crippen molar-refractivity contribution in [2.45, 2.75) is 144 Å². The first-order valence-electron chi connectivity index (χ1n) is 48.8. The van der Waals surface area contributed by atoms with Crippen LogP contribution in [0.3, 0.4) is 0 Å². The van der Waals surface area contributed by atoms with Crippen LogP contribution >= 0.6 is 45.1 Å². The quantitative estimate of drug-likeness (QED) is 0.0148. The van der Waals surface area contributed by atoms with E-state index in [1.54, 1.807) is 67.8 Å². The second kappa shape index (κ2) is 64.7. The van der Waals surface area contributed by atoms with Crippen LogP contribution in [0.15, 0.2) is 156 Å². The number of carboxylic acid groups (broad SMARTS) is 2. The van der Waals surface area contributed by atoms with Gasteiger partial charge in [0.1, 0.15) is 36.8 Å². The smallest absolute Gasteiger partial charge is 0.493 e. The molecule has 10 rings (SSSR count). The molecule has 812 valence electrons. The molecule has 7 aromatic rings. The van der Waals surface area contributed by atoms with Crippen LogP contribution < -0.4 is 101 Å². The van der Waals surface area contributed by atoms with Gasteiger partial charge in [-0.15, -0.1) is 0 Å². The molecule has 2 heterocycles. The van der Waals surface area contributed by atoms with E-state index in [9.17, 15) is 93.6 Å². The first-order chi connectivity index (χ1) is 71.9. The van der Waals surface area contributed by atoms with Gasteiger partial charge in [-0.2, -0.15) is 23.5 Å². The third-order valence-corrected chi connectivity index (χ3v) is 28.6. The first kappa shape index (κ1) is 123. The van der Waals surface area contributed by atoms with Crippen molar-refractivity contribution in [2.24, 2.45) is 0 Å². The summed E-state index contributed by atoms with van der Waals surface area (Å²) in [6, 6.07) is 40.0. The van der Waals surface area contributed by atoms with Crippen molar-refractivity contribution in [3.63, 3.8) is 0 Å². The number of rotatable bonds is 65. The molecule has 0 radical (unpaired) electrons. The Hall–Kier alpha value is -10.3. The fourth-order valence-electron chi connectivity index (χ4n) is 16.5. The van der Waals surface area contributed by atoms with Gasteiger partial charge in [-0.1, -0.05) is 113 Å². The molecule has 2 saturated heterocycles. The van der Waals surface area contributed by atoms with E-state index in [4.69, 9.17) is 66.3 Å². The summed E-state index contributed by atoms with van der Waals surface area (Å²) in [5, 5.41) is 111. The van der Waals surface area contributed by atoms with Crippen molar-refractivity contribution in [2.75, 3.05) is 182 Å². The average Bonchev–Trinajstić information content (AvgIpc) is 1.50. The van der Waals surface area contributed by atoms with Crippen LogP contribution in [0, 0.1) is 0 Å². The predicted octanol–water partition coefficient (Wildman–Crippen LogP) is 2.54. The Kier molecular flexibility index (Phi) is 53.1. The van der Waals surface area contributed by atoms with Gasteiger partial charge in [0.05, 0.1) is 156 Å². The van der Waals surface area contributed by atoms with E-state index in [-0.39, 0.29) is 179 Å². The number of thioether (sulfide) groups is 2. The van der Waals surface area contributed by atoms with E-state index in [0.717, 1.165) is 47.2 Å². The van der Waals surface area contributed by atoms with E-state index in [1.807, 2.05) is 66.7 Å². The largest absolute Gasteiger partial charge is 1.00 e. The number of hydrogen-bond donors (Lipinski definition) is 16. The zero-order valence-corrected chi connectivity index (χ0v) is 90.1. The number of carbonyl (C=O) groups excluding carboxylic acids is 8. The SMILES string of the molecule is COc1cc2c(c(OC)c1OC)-c1ccc(OC)c(=O)cc1C(NC(=O)CCSSCCC(=O)NCCOCCOCCOCCOCCOCCOc1cc(C(=O)NCCSCCCO[C@]3(C(=O)O)C[C@H](O)[C@@H](NC(C)=O)[C@H](C(O)[C@H](O)CNC(=O)c4ccc(-c5ccccc5)cc4)O3)ccc1C(=O)NCCSCCCO[C@]1(C(=O)O)C[C@H](O)[C@@H](NC(C)=O)[C@H](C(O)[C@H](O)CNC(=O)c3ccc(-c4ccccc4)cc3)O1)CC2.[Na+]. The maximum Gasteiger partial charge on any atom is 1.00 e. The van der Waals surface area contributed by atoms with Gasteiger partial charge in [-0.25, -0.2) is 9.59 Å². The molecule has 0 aromatic heterocycles. The maximum absolute atomic E-state index is 13.9. The van der Waals surface area contributed by atoms with E-state index >= 15 is 0 Å². The Bertz CT molecular complexity index is 5550.